The van der Waals surface area contributed by atoms with Gasteiger partial charge in [0.2, 0.25) is 0 Å². The maximum absolute atomic E-state index is 5.91. The van der Waals surface area contributed by atoms with Crippen LogP contribution in [0.2, 0.25) is 0 Å². The van der Waals surface area contributed by atoms with Crippen LogP contribution in [0.1, 0.15) is 91.4 Å². The third kappa shape index (κ3) is 5.88. The average Bonchev–Trinajstić information content (AvgIpc) is 3.04. The summed E-state index contributed by atoms with van der Waals surface area (Å²) in [7, 11) is 0. The molecule has 3 heteroatoms. The predicted octanol–water partition coefficient (Wildman–Crippen LogP) is 4.22. The third-order valence-electron chi connectivity index (χ3n) is 5.59. The second kappa shape index (κ2) is 10.6. The van der Waals surface area contributed by atoms with Crippen molar-refractivity contribution in [1.82, 2.24) is 10.3 Å². The van der Waals surface area contributed by atoms with E-state index in [0.717, 1.165) is 0 Å². The van der Waals surface area contributed by atoms with Crippen LogP contribution in [0.4, 0.5) is 0 Å². The molecule has 126 valence electrons. The molecular formula is C18H39N3. The number of hydrogen-bond acceptors (Lipinski definition) is 3. The van der Waals surface area contributed by atoms with E-state index < -0.39 is 0 Å². The molecule has 3 N–H and O–H groups in total. The average molecular weight is 298 g/mol. The molecule has 0 spiro atoms. The van der Waals surface area contributed by atoms with Gasteiger partial charge in [-0.3, -0.25) is 16.2 Å². The van der Waals surface area contributed by atoms with Crippen LogP contribution in [-0.4, -0.2) is 29.6 Å². The molecule has 1 saturated heterocycles. The zero-order chi connectivity index (χ0) is 15.6. The molecule has 1 aliphatic rings. The lowest BCUT2D eigenvalue weighted by molar-refractivity contribution is 0.0791. The largest absolute Gasteiger partial charge is 0.296 e. The van der Waals surface area contributed by atoms with Gasteiger partial charge < -0.3 is 0 Å². The second-order valence-electron chi connectivity index (χ2n) is 7.03. The molecule has 0 radical (unpaired) electrons. The van der Waals surface area contributed by atoms with Crippen LogP contribution >= 0.6 is 0 Å². The molecule has 0 bridgehead atoms. The summed E-state index contributed by atoms with van der Waals surface area (Å²) in [4.78, 5) is 2.67. The molecule has 0 aromatic carbocycles. The van der Waals surface area contributed by atoms with E-state index in [1.165, 1.54) is 83.7 Å². The molecule has 0 aliphatic carbocycles. The Balaban J connectivity index is 2.31. The zero-order valence-corrected chi connectivity index (χ0v) is 14.8. The van der Waals surface area contributed by atoms with Crippen molar-refractivity contribution >= 4 is 0 Å². The van der Waals surface area contributed by atoms with E-state index in [1.54, 1.807) is 0 Å². The zero-order valence-electron chi connectivity index (χ0n) is 14.8. The molecule has 21 heavy (non-hydrogen) atoms. The quantitative estimate of drug-likeness (QED) is 0.322. The van der Waals surface area contributed by atoms with Crippen LogP contribution in [-0.2, 0) is 0 Å². The normalized spacial score (nSPS) is 20.6. The molecule has 0 amide bonds. The molecule has 1 rings (SSSR count). The highest BCUT2D eigenvalue weighted by Gasteiger charge is 2.38. The Morgan fingerprint density at radius 2 is 1.57 bits per heavy atom. The van der Waals surface area contributed by atoms with Crippen molar-refractivity contribution in [2.45, 2.75) is 103 Å². The van der Waals surface area contributed by atoms with Crippen LogP contribution in [0.15, 0.2) is 0 Å². The molecular weight excluding hydrogens is 258 g/mol. The Labute approximate surface area is 133 Å². The van der Waals surface area contributed by atoms with Gasteiger partial charge in [0.1, 0.15) is 0 Å². The number of nitrogens with one attached hydrogen (secondary N) is 1. The van der Waals surface area contributed by atoms with E-state index in [-0.39, 0.29) is 5.54 Å². The number of rotatable bonds is 12. The van der Waals surface area contributed by atoms with Crippen molar-refractivity contribution in [2.75, 3.05) is 13.1 Å². The molecule has 3 nitrogen and oxygen atoms in total. The maximum atomic E-state index is 5.91. The van der Waals surface area contributed by atoms with E-state index in [0.29, 0.717) is 6.04 Å². The smallest absolute Gasteiger partial charge is 0.0392 e. The number of nitrogens with two attached hydrogens (primary N) is 1. The molecule has 1 fully saturated rings. The standard InChI is InChI=1S/C18H39N3/c1-4-6-7-8-9-10-11-14-17(20-19)18(3,5-2)21-15-12-13-16-21/h17,20H,4-16,19H2,1-3H3. The Hall–Kier alpha value is -0.120. The van der Waals surface area contributed by atoms with Gasteiger partial charge in [-0.05, 0) is 45.7 Å². The van der Waals surface area contributed by atoms with Crippen molar-refractivity contribution < 1.29 is 0 Å². The fraction of sp³-hybridized carbons (Fsp3) is 1.00. The van der Waals surface area contributed by atoms with Gasteiger partial charge in [-0.2, -0.15) is 0 Å². The van der Waals surface area contributed by atoms with Gasteiger partial charge in [0.05, 0.1) is 0 Å². The highest BCUT2D eigenvalue weighted by atomic mass is 15.3. The summed E-state index contributed by atoms with van der Waals surface area (Å²) < 4.78 is 0. The van der Waals surface area contributed by atoms with E-state index in [4.69, 9.17) is 5.84 Å². The van der Waals surface area contributed by atoms with Crippen molar-refractivity contribution in [3.63, 3.8) is 0 Å². The van der Waals surface area contributed by atoms with Crippen molar-refractivity contribution in [2.24, 2.45) is 5.84 Å². The topological polar surface area (TPSA) is 41.3 Å². The molecule has 0 saturated carbocycles. The van der Waals surface area contributed by atoms with Gasteiger partial charge >= 0.3 is 0 Å². The Morgan fingerprint density at radius 3 is 2.10 bits per heavy atom. The SMILES string of the molecule is CCCCCCCCCC(NN)C(C)(CC)N1CCCC1. The number of hydrogen-bond donors (Lipinski definition) is 2. The molecule has 2 atom stereocenters. The summed E-state index contributed by atoms with van der Waals surface area (Å²) in [5.41, 5.74) is 3.37. The highest BCUT2D eigenvalue weighted by Crippen LogP contribution is 2.30. The monoisotopic (exact) mass is 297 g/mol. The summed E-state index contributed by atoms with van der Waals surface area (Å²) in [6.45, 7) is 9.50. The Morgan fingerprint density at radius 1 is 1.00 bits per heavy atom. The number of unbranched alkanes of at least 4 members (excludes halogenated alkanes) is 6. The summed E-state index contributed by atoms with van der Waals surface area (Å²) >= 11 is 0. The lowest BCUT2D eigenvalue weighted by atomic mass is 9.84. The van der Waals surface area contributed by atoms with Gasteiger partial charge in [0.25, 0.3) is 0 Å². The Kier molecular flexibility index (Phi) is 9.54. The first-order chi connectivity index (χ1) is 10.2. The number of likely N-dealkylation sites (tertiary alicyclic amines) is 1. The lowest BCUT2D eigenvalue weighted by Gasteiger charge is -2.44. The van der Waals surface area contributed by atoms with Crippen molar-refractivity contribution in [3.8, 4) is 0 Å². The van der Waals surface area contributed by atoms with Gasteiger partial charge in [-0.15, -0.1) is 0 Å². The fourth-order valence-corrected chi connectivity index (χ4v) is 3.80. The van der Waals surface area contributed by atoms with Crippen molar-refractivity contribution in [3.05, 3.63) is 0 Å². The third-order valence-corrected chi connectivity index (χ3v) is 5.59. The van der Waals surface area contributed by atoms with E-state index in [2.05, 4.69) is 31.1 Å². The van der Waals surface area contributed by atoms with Crippen LogP contribution < -0.4 is 11.3 Å². The van der Waals surface area contributed by atoms with E-state index >= 15 is 0 Å². The molecule has 2 unspecified atom stereocenters. The van der Waals surface area contributed by atoms with Gasteiger partial charge in [-0.1, -0.05) is 58.8 Å². The van der Waals surface area contributed by atoms with Crippen LogP contribution in [0.5, 0.6) is 0 Å². The van der Waals surface area contributed by atoms with Crippen LogP contribution in [0, 0.1) is 0 Å². The maximum Gasteiger partial charge on any atom is 0.0392 e. The molecule has 1 aliphatic heterocycles. The summed E-state index contributed by atoms with van der Waals surface area (Å²) in [5.74, 6) is 5.91. The fourth-order valence-electron chi connectivity index (χ4n) is 3.80. The first kappa shape index (κ1) is 18.9. The van der Waals surface area contributed by atoms with Gasteiger partial charge in [-0.25, -0.2) is 0 Å². The van der Waals surface area contributed by atoms with E-state index in [1.807, 2.05) is 0 Å². The second-order valence-corrected chi connectivity index (χ2v) is 7.03. The van der Waals surface area contributed by atoms with Crippen LogP contribution in [0.3, 0.4) is 0 Å². The van der Waals surface area contributed by atoms with E-state index in [9.17, 15) is 0 Å². The van der Waals surface area contributed by atoms with Crippen LogP contribution in [0.25, 0.3) is 0 Å². The minimum atomic E-state index is 0.230. The van der Waals surface area contributed by atoms with Gasteiger partial charge in [0.15, 0.2) is 0 Å². The minimum Gasteiger partial charge on any atom is -0.296 e. The first-order valence-electron chi connectivity index (χ1n) is 9.40. The van der Waals surface area contributed by atoms with Crippen molar-refractivity contribution in [1.29, 1.82) is 0 Å². The lowest BCUT2D eigenvalue weighted by Crippen LogP contribution is -2.60. The summed E-state index contributed by atoms with van der Waals surface area (Å²) in [6, 6.07) is 0.427. The summed E-state index contributed by atoms with van der Waals surface area (Å²) in [6.07, 6.45) is 14.7. The number of nitrogens with zero attached hydrogens (tertiary/aromatic N) is 1. The molecule has 1 heterocycles. The number of hydrazine groups is 1. The molecule has 0 aromatic rings. The highest BCUT2D eigenvalue weighted by molar-refractivity contribution is 4.96. The molecule has 0 aromatic heterocycles. The Bertz CT molecular complexity index is 251. The first-order valence-corrected chi connectivity index (χ1v) is 9.40. The summed E-state index contributed by atoms with van der Waals surface area (Å²) in [5, 5.41) is 0. The predicted molar refractivity (Wildman–Crippen MR) is 93.2 cm³/mol. The minimum absolute atomic E-state index is 0.230. The van der Waals surface area contributed by atoms with Gasteiger partial charge in [0, 0.05) is 11.6 Å².